The van der Waals surface area contributed by atoms with Crippen molar-refractivity contribution in [3.05, 3.63) is 71.5 Å². The number of carbonyl (C=O) groups is 1. The fourth-order valence-electron chi connectivity index (χ4n) is 2.85. The van der Waals surface area contributed by atoms with E-state index in [-0.39, 0.29) is 11.3 Å². The highest BCUT2D eigenvalue weighted by Crippen LogP contribution is 2.28. The van der Waals surface area contributed by atoms with Crippen LogP contribution in [0.15, 0.2) is 54.7 Å². The zero-order chi connectivity index (χ0) is 20.3. The van der Waals surface area contributed by atoms with Crippen LogP contribution in [-0.4, -0.2) is 15.7 Å². The normalized spacial score (nSPS) is 10.9. The zero-order valence-corrected chi connectivity index (χ0v) is 17.0. The summed E-state index contributed by atoms with van der Waals surface area (Å²) in [5.74, 6) is 6.30. The molecule has 0 fully saturated rings. The second-order valence-electron chi connectivity index (χ2n) is 7.88. The first-order valence-corrected chi connectivity index (χ1v) is 9.27. The molecule has 0 aliphatic heterocycles. The Bertz CT molecular complexity index is 1060. The van der Waals surface area contributed by atoms with Gasteiger partial charge in [-0.2, -0.15) is 5.10 Å². The number of aryl methyl sites for hydroxylation is 2. The summed E-state index contributed by atoms with van der Waals surface area (Å²) in [4.78, 5) is 12.7. The topological polar surface area (TPSA) is 46.9 Å². The van der Waals surface area contributed by atoms with Crippen LogP contribution in [0.2, 0.25) is 0 Å². The van der Waals surface area contributed by atoms with Gasteiger partial charge in [-0.25, -0.2) is 0 Å². The van der Waals surface area contributed by atoms with Gasteiger partial charge in [0.15, 0.2) is 0 Å². The lowest BCUT2D eigenvalue weighted by Gasteiger charge is -2.11. The molecule has 1 amide bonds. The van der Waals surface area contributed by atoms with Crippen molar-refractivity contribution in [1.29, 1.82) is 0 Å². The number of anilines is 1. The minimum absolute atomic E-state index is 0.0278. The number of nitrogens with one attached hydrogen (secondary N) is 1. The van der Waals surface area contributed by atoms with E-state index in [4.69, 9.17) is 0 Å². The van der Waals surface area contributed by atoms with Crippen molar-refractivity contribution >= 4 is 11.6 Å². The van der Waals surface area contributed by atoms with Crippen molar-refractivity contribution in [2.24, 2.45) is 12.5 Å². The van der Waals surface area contributed by atoms with Crippen LogP contribution in [0.1, 0.15) is 42.4 Å². The van der Waals surface area contributed by atoms with Gasteiger partial charge in [-0.1, -0.05) is 42.2 Å². The summed E-state index contributed by atoms with van der Waals surface area (Å²) < 4.78 is 1.65. The number of amides is 1. The highest BCUT2D eigenvalue weighted by atomic mass is 16.1. The Morgan fingerprint density at radius 3 is 2.36 bits per heavy atom. The van der Waals surface area contributed by atoms with Crippen LogP contribution < -0.4 is 5.32 Å². The van der Waals surface area contributed by atoms with Crippen molar-refractivity contribution in [1.82, 2.24) is 9.78 Å². The van der Waals surface area contributed by atoms with Crippen LogP contribution in [0.4, 0.5) is 5.69 Å². The van der Waals surface area contributed by atoms with Crippen molar-refractivity contribution < 1.29 is 4.79 Å². The van der Waals surface area contributed by atoms with Crippen LogP contribution in [0.5, 0.6) is 0 Å². The zero-order valence-electron chi connectivity index (χ0n) is 17.0. The van der Waals surface area contributed by atoms with Gasteiger partial charge in [-0.15, -0.1) is 0 Å². The SMILES string of the molecule is Cc1nn(C)cc1C(=O)Nc1ccccc1-c1ccc(C#CC(C)(C)C)cc1. The summed E-state index contributed by atoms with van der Waals surface area (Å²) in [7, 11) is 1.81. The first-order valence-electron chi connectivity index (χ1n) is 9.27. The maximum atomic E-state index is 12.7. The lowest BCUT2D eigenvalue weighted by Crippen LogP contribution is -2.13. The van der Waals surface area contributed by atoms with Gasteiger partial charge in [0, 0.05) is 35.5 Å². The molecule has 0 radical (unpaired) electrons. The predicted molar refractivity (Wildman–Crippen MR) is 114 cm³/mol. The van der Waals surface area contributed by atoms with Gasteiger partial charge in [-0.3, -0.25) is 9.48 Å². The largest absolute Gasteiger partial charge is 0.321 e. The van der Waals surface area contributed by atoms with Crippen LogP contribution in [0.25, 0.3) is 11.1 Å². The predicted octanol–water partition coefficient (Wildman–Crippen LogP) is 5.05. The van der Waals surface area contributed by atoms with Crippen LogP contribution in [-0.2, 0) is 7.05 Å². The van der Waals surface area contributed by atoms with Crippen molar-refractivity contribution in [2.75, 3.05) is 5.32 Å². The lowest BCUT2D eigenvalue weighted by molar-refractivity contribution is 0.102. The summed E-state index contributed by atoms with van der Waals surface area (Å²) in [5, 5.41) is 7.26. The van der Waals surface area contributed by atoms with Crippen LogP contribution in [0, 0.1) is 24.2 Å². The molecule has 3 aromatic rings. The Hall–Kier alpha value is -3.32. The highest BCUT2D eigenvalue weighted by Gasteiger charge is 2.14. The Labute approximate surface area is 166 Å². The molecular weight excluding hydrogens is 346 g/mol. The molecule has 28 heavy (non-hydrogen) atoms. The van der Waals surface area contributed by atoms with E-state index in [0.29, 0.717) is 11.3 Å². The number of rotatable bonds is 3. The van der Waals surface area contributed by atoms with Crippen molar-refractivity contribution in [3.63, 3.8) is 0 Å². The Balaban J connectivity index is 1.87. The molecule has 0 unspecified atom stereocenters. The first-order chi connectivity index (χ1) is 13.2. The second-order valence-corrected chi connectivity index (χ2v) is 7.88. The molecule has 4 nitrogen and oxygen atoms in total. The standard InChI is InChI=1S/C24H25N3O/c1-17-21(16-27(5)26-17)23(28)25-22-9-7-6-8-20(22)19-12-10-18(11-13-19)14-15-24(2,3)4/h6-13,16H,1-5H3,(H,25,28). The smallest absolute Gasteiger partial charge is 0.259 e. The lowest BCUT2D eigenvalue weighted by atomic mass is 9.97. The van der Waals surface area contributed by atoms with E-state index in [1.165, 1.54) is 0 Å². The molecule has 0 aliphatic carbocycles. The number of carbonyl (C=O) groups excluding carboxylic acids is 1. The minimum atomic E-state index is -0.161. The van der Waals surface area contributed by atoms with Gasteiger partial charge >= 0.3 is 0 Å². The van der Waals surface area contributed by atoms with E-state index in [2.05, 4.69) is 43.0 Å². The molecule has 0 saturated carbocycles. The number of para-hydroxylation sites is 1. The van der Waals surface area contributed by atoms with E-state index in [9.17, 15) is 4.79 Å². The fraction of sp³-hybridized carbons (Fsp3) is 0.250. The average molecular weight is 371 g/mol. The Kier molecular flexibility index (Phi) is 5.37. The number of nitrogens with zero attached hydrogens (tertiary/aromatic N) is 2. The van der Waals surface area contributed by atoms with Gasteiger partial charge in [0.25, 0.3) is 5.91 Å². The summed E-state index contributed by atoms with van der Waals surface area (Å²) in [6.45, 7) is 8.12. The Morgan fingerprint density at radius 2 is 1.75 bits per heavy atom. The number of aromatic nitrogens is 2. The van der Waals surface area contributed by atoms with Crippen molar-refractivity contribution in [2.45, 2.75) is 27.7 Å². The van der Waals surface area contributed by atoms with Gasteiger partial charge in [0.2, 0.25) is 0 Å². The summed E-state index contributed by atoms with van der Waals surface area (Å²) >= 11 is 0. The molecule has 0 spiro atoms. The molecular formula is C24H25N3O. The first kappa shape index (κ1) is 19.4. The average Bonchev–Trinajstić information content (AvgIpc) is 2.99. The third-order valence-corrected chi connectivity index (χ3v) is 4.21. The third kappa shape index (κ3) is 4.69. The highest BCUT2D eigenvalue weighted by molar-refractivity contribution is 6.06. The molecule has 1 aromatic heterocycles. The molecule has 0 saturated heterocycles. The van der Waals surface area contributed by atoms with Gasteiger partial charge in [-0.05, 0) is 51.5 Å². The molecule has 1 heterocycles. The van der Waals surface area contributed by atoms with Crippen LogP contribution in [0.3, 0.4) is 0 Å². The van der Waals surface area contributed by atoms with E-state index >= 15 is 0 Å². The summed E-state index contributed by atoms with van der Waals surface area (Å²) in [5.41, 5.74) is 4.99. The van der Waals surface area contributed by atoms with E-state index < -0.39 is 0 Å². The second kappa shape index (κ2) is 7.74. The fourth-order valence-corrected chi connectivity index (χ4v) is 2.85. The van der Waals surface area contributed by atoms with Gasteiger partial charge in [0.1, 0.15) is 0 Å². The monoisotopic (exact) mass is 371 g/mol. The van der Waals surface area contributed by atoms with Gasteiger partial charge in [0.05, 0.1) is 11.3 Å². The van der Waals surface area contributed by atoms with Crippen LogP contribution >= 0.6 is 0 Å². The maximum absolute atomic E-state index is 12.7. The minimum Gasteiger partial charge on any atom is -0.321 e. The molecule has 0 bridgehead atoms. The number of hydrogen-bond acceptors (Lipinski definition) is 2. The van der Waals surface area contributed by atoms with E-state index in [1.54, 1.807) is 10.9 Å². The molecule has 0 atom stereocenters. The van der Waals surface area contributed by atoms with Crippen molar-refractivity contribution in [3.8, 4) is 23.0 Å². The number of benzene rings is 2. The quantitative estimate of drug-likeness (QED) is 0.655. The van der Waals surface area contributed by atoms with E-state index in [0.717, 1.165) is 22.4 Å². The maximum Gasteiger partial charge on any atom is 0.259 e. The summed E-state index contributed by atoms with van der Waals surface area (Å²) in [6, 6.07) is 15.9. The third-order valence-electron chi connectivity index (χ3n) is 4.21. The molecule has 4 heteroatoms. The molecule has 2 aromatic carbocycles. The molecule has 3 rings (SSSR count). The van der Waals surface area contributed by atoms with E-state index in [1.807, 2.05) is 62.5 Å². The Morgan fingerprint density at radius 1 is 1.07 bits per heavy atom. The molecule has 0 aliphatic rings. The molecule has 1 N–H and O–H groups in total. The van der Waals surface area contributed by atoms with Gasteiger partial charge < -0.3 is 5.32 Å². The molecule has 142 valence electrons. The summed E-state index contributed by atoms with van der Waals surface area (Å²) in [6.07, 6.45) is 1.73. The number of hydrogen-bond donors (Lipinski definition) is 1.